The summed E-state index contributed by atoms with van der Waals surface area (Å²) in [7, 11) is 1.43. The zero-order valence-corrected chi connectivity index (χ0v) is 9.39. The summed E-state index contributed by atoms with van der Waals surface area (Å²) in [5.74, 6) is -0.150. The number of rotatable bonds is 4. The molecule has 0 bridgehead atoms. The van der Waals surface area contributed by atoms with E-state index in [1.807, 2.05) is 4.57 Å². The number of aldehydes is 1. The predicted molar refractivity (Wildman–Crippen MR) is 61.9 cm³/mol. The van der Waals surface area contributed by atoms with Crippen molar-refractivity contribution < 1.29 is 13.9 Å². The number of ether oxygens (including phenoxy) is 1. The molecule has 0 N–H and O–H groups in total. The third kappa shape index (κ3) is 2.53. The summed E-state index contributed by atoms with van der Waals surface area (Å²) in [6.07, 6.45) is 4.28. The van der Waals surface area contributed by atoms with Crippen molar-refractivity contribution in [2.75, 3.05) is 7.11 Å². The van der Waals surface area contributed by atoms with Gasteiger partial charge in [0.1, 0.15) is 0 Å². The Kier molecular flexibility index (Phi) is 3.23. The van der Waals surface area contributed by atoms with E-state index in [1.54, 1.807) is 30.6 Å². The SMILES string of the molecule is COc1ccc(Cn2ccc(C=O)c2)cc1F. The highest BCUT2D eigenvalue weighted by molar-refractivity contribution is 5.74. The van der Waals surface area contributed by atoms with Crippen LogP contribution in [0.5, 0.6) is 5.75 Å². The molecule has 88 valence electrons. The third-order valence-electron chi connectivity index (χ3n) is 2.49. The smallest absolute Gasteiger partial charge is 0.165 e. The first kappa shape index (κ1) is 11.4. The molecule has 0 amide bonds. The van der Waals surface area contributed by atoms with Crippen molar-refractivity contribution in [1.82, 2.24) is 4.57 Å². The monoisotopic (exact) mass is 233 g/mol. The van der Waals surface area contributed by atoms with Crippen molar-refractivity contribution in [3.63, 3.8) is 0 Å². The summed E-state index contributed by atoms with van der Waals surface area (Å²) < 4.78 is 20.1. The number of carbonyl (C=O) groups is 1. The molecule has 0 aliphatic heterocycles. The third-order valence-corrected chi connectivity index (χ3v) is 2.49. The number of aromatic nitrogens is 1. The molecule has 0 aliphatic rings. The van der Waals surface area contributed by atoms with Crippen LogP contribution < -0.4 is 4.74 Å². The number of methoxy groups -OCH3 is 1. The molecule has 1 aromatic heterocycles. The van der Waals surface area contributed by atoms with Gasteiger partial charge in [0.15, 0.2) is 17.9 Å². The van der Waals surface area contributed by atoms with Crippen LogP contribution in [0.2, 0.25) is 0 Å². The second-order valence-electron chi connectivity index (χ2n) is 3.70. The van der Waals surface area contributed by atoms with Gasteiger partial charge < -0.3 is 9.30 Å². The van der Waals surface area contributed by atoms with Crippen LogP contribution in [-0.4, -0.2) is 18.0 Å². The molecule has 0 radical (unpaired) electrons. The van der Waals surface area contributed by atoms with Crippen molar-refractivity contribution in [1.29, 1.82) is 0 Å². The standard InChI is InChI=1S/C13H12FNO2/c1-17-13-3-2-10(6-12(13)14)7-15-5-4-11(8-15)9-16/h2-6,8-9H,7H2,1H3. The van der Waals surface area contributed by atoms with Gasteiger partial charge in [0.25, 0.3) is 0 Å². The number of hydrogen-bond donors (Lipinski definition) is 0. The molecule has 0 spiro atoms. The van der Waals surface area contributed by atoms with Gasteiger partial charge in [-0.3, -0.25) is 4.79 Å². The lowest BCUT2D eigenvalue weighted by Gasteiger charge is -2.06. The van der Waals surface area contributed by atoms with Crippen LogP contribution in [0.1, 0.15) is 15.9 Å². The number of nitrogens with zero attached hydrogens (tertiary/aromatic N) is 1. The largest absolute Gasteiger partial charge is 0.494 e. The molecular weight excluding hydrogens is 221 g/mol. The first-order valence-electron chi connectivity index (χ1n) is 5.16. The summed E-state index contributed by atoms with van der Waals surface area (Å²) in [4.78, 5) is 10.5. The zero-order valence-electron chi connectivity index (χ0n) is 9.39. The topological polar surface area (TPSA) is 31.2 Å². The van der Waals surface area contributed by atoms with Gasteiger partial charge in [-0.05, 0) is 23.8 Å². The van der Waals surface area contributed by atoms with Crippen LogP contribution in [0.15, 0.2) is 36.7 Å². The van der Waals surface area contributed by atoms with Crippen LogP contribution in [0.4, 0.5) is 4.39 Å². The van der Waals surface area contributed by atoms with E-state index in [4.69, 9.17) is 4.74 Å². The Morgan fingerprint density at radius 3 is 2.82 bits per heavy atom. The molecule has 1 aromatic carbocycles. The first-order chi connectivity index (χ1) is 8.22. The average molecular weight is 233 g/mol. The fourth-order valence-electron chi connectivity index (χ4n) is 1.65. The Morgan fingerprint density at radius 2 is 2.24 bits per heavy atom. The number of hydrogen-bond acceptors (Lipinski definition) is 2. The highest BCUT2D eigenvalue weighted by Crippen LogP contribution is 2.18. The van der Waals surface area contributed by atoms with E-state index in [0.29, 0.717) is 12.1 Å². The second kappa shape index (κ2) is 4.82. The van der Waals surface area contributed by atoms with Gasteiger partial charge in [-0.1, -0.05) is 6.07 Å². The average Bonchev–Trinajstić information content (AvgIpc) is 2.77. The first-order valence-corrected chi connectivity index (χ1v) is 5.16. The van der Waals surface area contributed by atoms with E-state index >= 15 is 0 Å². The van der Waals surface area contributed by atoms with E-state index in [1.165, 1.54) is 13.2 Å². The molecule has 0 aliphatic carbocycles. The summed E-state index contributed by atoms with van der Waals surface area (Å²) in [5.41, 5.74) is 1.43. The van der Waals surface area contributed by atoms with Gasteiger partial charge in [0, 0.05) is 24.5 Å². The molecule has 1 heterocycles. The molecular formula is C13H12FNO2. The van der Waals surface area contributed by atoms with Crippen LogP contribution in [0.3, 0.4) is 0 Å². The minimum absolute atomic E-state index is 0.231. The van der Waals surface area contributed by atoms with Crippen molar-refractivity contribution in [2.24, 2.45) is 0 Å². The Bertz CT molecular complexity index is 534. The number of halogens is 1. The van der Waals surface area contributed by atoms with Crippen LogP contribution in [-0.2, 0) is 6.54 Å². The minimum atomic E-state index is -0.382. The van der Waals surface area contributed by atoms with E-state index in [2.05, 4.69) is 0 Å². The molecule has 0 fully saturated rings. The summed E-state index contributed by atoms with van der Waals surface area (Å²) in [6, 6.07) is 6.53. The molecule has 2 aromatic rings. The minimum Gasteiger partial charge on any atom is -0.494 e. The molecule has 17 heavy (non-hydrogen) atoms. The Labute approximate surface area is 98.4 Å². The van der Waals surface area contributed by atoms with E-state index in [-0.39, 0.29) is 11.6 Å². The lowest BCUT2D eigenvalue weighted by molar-refractivity contribution is 0.112. The van der Waals surface area contributed by atoms with Gasteiger partial charge in [-0.25, -0.2) is 4.39 Å². The van der Waals surface area contributed by atoms with E-state index in [9.17, 15) is 9.18 Å². The number of benzene rings is 1. The Balaban J connectivity index is 2.18. The van der Waals surface area contributed by atoms with Crippen molar-refractivity contribution >= 4 is 6.29 Å². The summed E-state index contributed by atoms with van der Waals surface area (Å²) in [6.45, 7) is 0.523. The van der Waals surface area contributed by atoms with Gasteiger partial charge in [-0.15, -0.1) is 0 Å². The van der Waals surface area contributed by atoms with Crippen molar-refractivity contribution in [2.45, 2.75) is 6.54 Å². The summed E-state index contributed by atoms with van der Waals surface area (Å²) in [5, 5.41) is 0. The lowest BCUT2D eigenvalue weighted by Crippen LogP contribution is -1.98. The van der Waals surface area contributed by atoms with Gasteiger partial charge in [0.05, 0.1) is 7.11 Å². The van der Waals surface area contributed by atoms with E-state index in [0.717, 1.165) is 11.8 Å². The quantitative estimate of drug-likeness (QED) is 0.760. The van der Waals surface area contributed by atoms with Crippen molar-refractivity contribution in [3.05, 3.63) is 53.6 Å². The van der Waals surface area contributed by atoms with Gasteiger partial charge >= 0.3 is 0 Å². The molecule has 3 nitrogen and oxygen atoms in total. The second-order valence-corrected chi connectivity index (χ2v) is 3.70. The van der Waals surface area contributed by atoms with Crippen LogP contribution in [0, 0.1) is 5.82 Å². The fourth-order valence-corrected chi connectivity index (χ4v) is 1.65. The molecule has 0 saturated carbocycles. The van der Waals surface area contributed by atoms with Crippen LogP contribution in [0.25, 0.3) is 0 Å². The summed E-state index contributed by atoms with van der Waals surface area (Å²) >= 11 is 0. The Morgan fingerprint density at radius 1 is 1.41 bits per heavy atom. The molecule has 0 atom stereocenters. The normalized spacial score (nSPS) is 10.2. The van der Waals surface area contributed by atoms with Crippen LogP contribution >= 0.6 is 0 Å². The molecule has 0 unspecified atom stereocenters. The zero-order chi connectivity index (χ0) is 12.3. The Hall–Kier alpha value is -2.10. The maximum atomic E-state index is 13.4. The van der Waals surface area contributed by atoms with E-state index < -0.39 is 0 Å². The highest BCUT2D eigenvalue weighted by Gasteiger charge is 2.04. The maximum Gasteiger partial charge on any atom is 0.165 e. The highest BCUT2D eigenvalue weighted by atomic mass is 19.1. The number of carbonyl (C=O) groups excluding carboxylic acids is 1. The predicted octanol–water partition coefficient (Wildman–Crippen LogP) is 2.50. The lowest BCUT2D eigenvalue weighted by atomic mass is 10.2. The molecule has 2 rings (SSSR count). The molecule has 0 saturated heterocycles. The molecule has 4 heteroatoms. The fraction of sp³-hybridized carbons (Fsp3) is 0.154. The maximum absolute atomic E-state index is 13.4. The van der Waals surface area contributed by atoms with Gasteiger partial charge in [0.2, 0.25) is 0 Å². The van der Waals surface area contributed by atoms with Crippen molar-refractivity contribution in [3.8, 4) is 5.75 Å². The van der Waals surface area contributed by atoms with Gasteiger partial charge in [-0.2, -0.15) is 0 Å².